The monoisotopic (exact) mass is 279 g/mol. The van der Waals surface area contributed by atoms with Crippen molar-refractivity contribution in [2.75, 3.05) is 4.72 Å². The van der Waals surface area contributed by atoms with Crippen LogP contribution in [-0.2, 0) is 23.5 Å². The maximum Gasteiger partial charge on any atom is 0.280 e. The summed E-state index contributed by atoms with van der Waals surface area (Å²) in [7, 11) is -1.86. The lowest BCUT2D eigenvalue weighted by molar-refractivity contribution is 0.598. The Balaban J connectivity index is 2.30. The van der Waals surface area contributed by atoms with E-state index in [-0.39, 0.29) is 5.03 Å². The number of anilines is 1. The van der Waals surface area contributed by atoms with Crippen molar-refractivity contribution in [2.45, 2.75) is 25.3 Å². The predicted molar refractivity (Wildman–Crippen MR) is 74.6 cm³/mol. The second kappa shape index (κ2) is 5.05. The maximum atomic E-state index is 12.2. The molecule has 5 nitrogen and oxygen atoms in total. The lowest BCUT2D eigenvalue weighted by Gasteiger charge is -2.06. The molecular weight excluding hydrogens is 262 g/mol. The van der Waals surface area contributed by atoms with Gasteiger partial charge in [-0.25, -0.2) is 4.98 Å². The number of rotatable bonds is 4. The van der Waals surface area contributed by atoms with Gasteiger partial charge in [-0.15, -0.1) is 0 Å². The van der Waals surface area contributed by atoms with Crippen LogP contribution in [-0.4, -0.2) is 18.0 Å². The minimum atomic E-state index is -3.62. The van der Waals surface area contributed by atoms with Gasteiger partial charge in [0.25, 0.3) is 10.0 Å². The van der Waals surface area contributed by atoms with Gasteiger partial charge in [0, 0.05) is 18.9 Å². The highest BCUT2D eigenvalue weighted by Crippen LogP contribution is 2.16. The highest BCUT2D eigenvalue weighted by molar-refractivity contribution is 7.92. The van der Waals surface area contributed by atoms with E-state index in [1.165, 1.54) is 6.20 Å². The minimum Gasteiger partial charge on any atom is -0.337 e. The average Bonchev–Trinajstić information content (AvgIpc) is 2.70. The van der Waals surface area contributed by atoms with E-state index in [1.807, 2.05) is 25.1 Å². The van der Waals surface area contributed by atoms with Crippen LogP contribution in [0.1, 0.15) is 18.3 Å². The normalized spacial score (nSPS) is 11.5. The lowest BCUT2D eigenvalue weighted by Crippen LogP contribution is -2.13. The molecule has 0 saturated carbocycles. The number of nitrogens with zero attached hydrogens (tertiary/aromatic N) is 2. The Morgan fingerprint density at radius 1 is 1.37 bits per heavy atom. The Labute approximate surface area is 113 Å². The first kappa shape index (κ1) is 13.6. The van der Waals surface area contributed by atoms with Crippen LogP contribution in [0.4, 0.5) is 5.69 Å². The Hall–Kier alpha value is -1.82. The molecule has 1 aromatic carbocycles. The van der Waals surface area contributed by atoms with Crippen molar-refractivity contribution in [3.05, 3.63) is 41.9 Å². The Morgan fingerprint density at radius 2 is 2.11 bits per heavy atom. The smallest absolute Gasteiger partial charge is 0.280 e. The van der Waals surface area contributed by atoms with E-state index < -0.39 is 10.0 Å². The molecule has 0 aliphatic carbocycles. The van der Waals surface area contributed by atoms with E-state index in [0.29, 0.717) is 11.5 Å². The van der Waals surface area contributed by atoms with Crippen LogP contribution >= 0.6 is 0 Å². The van der Waals surface area contributed by atoms with Gasteiger partial charge in [0.2, 0.25) is 0 Å². The number of nitrogens with one attached hydrogen (secondary N) is 1. The van der Waals surface area contributed by atoms with Crippen LogP contribution in [0.3, 0.4) is 0 Å². The molecule has 1 N–H and O–H groups in total. The molecule has 0 saturated heterocycles. The fraction of sp³-hybridized carbons (Fsp3) is 0.308. The molecule has 1 heterocycles. The summed E-state index contributed by atoms with van der Waals surface area (Å²) < 4.78 is 28.6. The molecule has 0 fully saturated rings. The third kappa shape index (κ3) is 2.96. The first-order chi connectivity index (χ1) is 8.92. The van der Waals surface area contributed by atoms with Crippen molar-refractivity contribution in [1.29, 1.82) is 0 Å². The van der Waals surface area contributed by atoms with E-state index in [4.69, 9.17) is 0 Å². The summed E-state index contributed by atoms with van der Waals surface area (Å²) in [5.74, 6) is 0.655. The van der Waals surface area contributed by atoms with E-state index in [2.05, 4.69) is 9.71 Å². The zero-order valence-electron chi connectivity index (χ0n) is 11.2. The fourth-order valence-corrected chi connectivity index (χ4v) is 2.81. The molecular formula is C13H17N3O2S. The third-order valence-electron chi connectivity index (χ3n) is 2.95. The standard InChI is InChI=1S/C13H17N3O2S/c1-4-11-6-5-7-12(8-11)15-19(17,18)13-9-16(3)10(2)14-13/h5-9,15H,4H2,1-3H3. The van der Waals surface area contributed by atoms with E-state index in [9.17, 15) is 8.42 Å². The first-order valence-corrected chi connectivity index (χ1v) is 7.52. The Kier molecular flexibility index (Phi) is 3.61. The predicted octanol–water partition coefficient (Wildman–Crippen LogP) is 2.09. The van der Waals surface area contributed by atoms with Crippen molar-refractivity contribution in [1.82, 2.24) is 9.55 Å². The minimum absolute atomic E-state index is 0.0365. The second-order valence-electron chi connectivity index (χ2n) is 4.40. The van der Waals surface area contributed by atoms with E-state index in [1.54, 1.807) is 24.6 Å². The van der Waals surface area contributed by atoms with Crippen molar-refractivity contribution in [3.63, 3.8) is 0 Å². The van der Waals surface area contributed by atoms with Gasteiger partial charge in [0.15, 0.2) is 5.03 Å². The number of benzene rings is 1. The summed E-state index contributed by atoms with van der Waals surface area (Å²) in [6.45, 7) is 3.78. The van der Waals surface area contributed by atoms with Crippen LogP contribution in [0.25, 0.3) is 0 Å². The van der Waals surface area contributed by atoms with Gasteiger partial charge in [-0.2, -0.15) is 8.42 Å². The number of imidazole rings is 1. The topological polar surface area (TPSA) is 64.0 Å². The number of aryl methyl sites for hydroxylation is 3. The molecule has 2 aromatic rings. The molecule has 0 unspecified atom stereocenters. The van der Waals surface area contributed by atoms with Gasteiger partial charge in [0.05, 0.1) is 0 Å². The number of aromatic nitrogens is 2. The molecule has 6 heteroatoms. The zero-order valence-corrected chi connectivity index (χ0v) is 12.0. The highest BCUT2D eigenvalue weighted by Gasteiger charge is 2.18. The first-order valence-electron chi connectivity index (χ1n) is 6.04. The SMILES string of the molecule is CCc1cccc(NS(=O)(=O)c2cn(C)c(C)n2)c1. The summed E-state index contributed by atoms with van der Waals surface area (Å²) in [6, 6.07) is 7.35. The van der Waals surface area contributed by atoms with Crippen LogP contribution in [0.5, 0.6) is 0 Å². The molecule has 0 radical (unpaired) electrons. The van der Waals surface area contributed by atoms with Crippen molar-refractivity contribution >= 4 is 15.7 Å². The van der Waals surface area contributed by atoms with Gasteiger partial charge in [-0.1, -0.05) is 19.1 Å². The zero-order chi connectivity index (χ0) is 14.0. The second-order valence-corrected chi connectivity index (χ2v) is 6.03. The number of hydrogen-bond acceptors (Lipinski definition) is 3. The summed E-state index contributed by atoms with van der Waals surface area (Å²) >= 11 is 0. The van der Waals surface area contributed by atoms with Gasteiger partial charge in [-0.05, 0) is 31.0 Å². The highest BCUT2D eigenvalue weighted by atomic mass is 32.2. The largest absolute Gasteiger partial charge is 0.337 e. The van der Waals surface area contributed by atoms with Gasteiger partial charge < -0.3 is 4.57 Å². The fourth-order valence-electron chi connectivity index (χ4n) is 1.72. The summed E-state index contributed by atoms with van der Waals surface area (Å²) in [5.41, 5.74) is 1.64. The quantitative estimate of drug-likeness (QED) is 0.932. The molecule has 0 amide bonds. The van der Waals surface area contributed by atoms with Gasteiger partial charge in [-0.3, -0.25) is 4.72 Å². The molecule has 102 valence electrons. The number of sulfonamides is 1. The number of hydrogen-bond donors (Lipinski definition) is 1. The van der Waals surface area contributed by atoms with Crippen molar-refractivity contribution in [2.24, 2.45) is 7.05 Å². The summed E-state index contributed by atoms with van der Waals surface area (Å²) in [5, 5.41) is 0.0365. The van der Waals surface area contributed by atoms with Gasteiger partial charge >= 0.3 is 0 Å². The molecule has 1 aromatic heterocycles. The van der Waals surface area contributed by atoms with Crippen LogP contribution < -0.4 is 4.72 Å². The molecule has 0 aliphatic rings. The van der Waals surface area contributed by atoms with Crippen molar-refractivity contribution in [3.8, 4) is 0 Å². The summed E-state index contributed by atoms with van der Waals surface area (Å²) in [4.78, 5) is 4.03. The average molecular weight is 279 g/mol. The van der Waals surface area contributed by atoms with Crippen LogP contribution in [0.15, 0.2) is 35.5 Å². The van der Waals surface area contributed by atoms with E-state index >= 15 is 0 Å². The molecule has 0 spiro atoms. The van der Waals surface area contributed by atoms with Crippen molar-refractivity contribution < 1.29 is 8.42 Å². The maximum absolute atomic E-state index is 12.2. The molecule has 0 atom stereocenters. The van der Waals surface area contributed by atoms with Crippen LogP contribution in [0, 0.1) is 6.92 Å². The van der Waals surface area contributed by atoms with Crippen LogP contribution in [0.2, 0.25) is 0 Å². The molecule has 0 bridgehead atoms. The Bertz CT molecular complexity index is 670. The molecule has 0 aliphatic heterocycles. The van der Waals surface area contributed by atoms with E-state index in [0.717, 1.165) is 12.0 Å². The van der Waals surface area contributed by atoms with Gasteiger partial charge in [0.1, 0.15) is 5.82 Å². The Morgan fingerprint density at radius 3 is 2.68 bits per heavy atom. The molecule has 19 heavy (non-hydrogen) atoms. The summed E-state index contributed by atoms with van der Waals surface area (Å²) in [6.07, 6.45) is 2.36. The lowest BCUT2D eigenvalue weighted by atomic mass is 10.1. The molecule has 2 rings (SSSR count). The third-order valence-corrected chi connectivity index (χ3v) is 4.20.